The van der Waals surface area contributed by atoms with Crippen LogP contribution < -0.4 is 0 Å². The average Bonchev–Trinajstić information content (AvgIpc) is 2.94. The van der Waals surface area contributed by atoms with Crippen LogP contribution in [0.3, 0.4) is 0 Å². The van der Waals surface area contributed by atoms with Crippen molar-refractivity contribution in [2.45, 2.75) is 10.9 Å². The maximum atomic E-state index is 5.96. The van der Waals surface area contributed by atoms with Crippen LogP contribution in [-0.4, -0.2) is 18.9 Å². The molecule has 0 aromatic carbocycles. The van der Waals surface area contributed by atoms with Crippen LogP contribution in [-0.2, 0) is 12.8 Å². The second-order valence-corrected chi connectivity index (χ2v) is 5.21. The standard InChI is InChI=1S/C12H11ClN4S/c1-16-10(13)7-14-11(16)8-18-12-15-6-9-4-2-3-5-17(9)12/h2-7H,8H2,1H3. The van der Waals surface area contributed by atoms with Crippen LogP contribution >= 0.6 is 23.4 Å². The molecule has 0 spiro atoms. The Morgan fingerprint density at radius 3 is 2.94 bits per heavy atom. The SMILES string of the molecule is Cn1c(Cl)cnc1CSc1ncc2ccccn12. The van der Waals surface area contributed by atoms with Crippen molar-refractivity contribution in [1.82, 2.24) is 18.9 Å². The minimum Gasteiger partial charge on any atom is -0.322 e. The molecule has 0 aliphatic heterocycles. The zero-order chi connectivity index (χ0) is 12.5. The molecule has 0 radical (unpaired) electrons. The van der Waals surface area contributed by atoms with E-state index in [1.165, 1.54) is 0 Å². The van der Waals surface area contributed by atoms with Gasteiger partial charge in [0.1, 0.15) is 11.0 Å². The summed E-state index contributed by atoms with van der Waals surface area (Å²) in [5.41, 5.74) is 1.10. The molecule has 0 amide bonds. The lowest BCUT2D eigenvalue weighted by molar-refractivity contribution is 0.847. The number of pyridine rings is 1. The van der Waals surface area contributed by atoms with Gasteiger partial charge in [-0.3, -0.25) is 4.40 Å². The largest absolute Gasteiger partial charge is 0.322 e. The smallest absolute Gasteiger partial charge is 0.173 e. The van der Waals surface area contributed by atoms with Crippen molar-refractivity contribution < 1.29 is 0 Å². The summed E-state index contributed by atoms with van der Waals surface area (Å²) in [6.45, 7) is 0. The topological polar surface area (TPSA) is 35.1 Å². The van der Waals surface area contributed by atoms with E-state index in [0.717, 1.165) is 22.3 Å². The van der Waals surface area contributed by atoms with Crippen molar-refractivity contribution in [1.29, 1.82) is 0 Å². The maximum absolute atomic E-state index is 5.96. The lowest BCUT2D eigenvalue weighted by atomic mass is 10.4. The van der Waals surface area contributed by atoms with Gasteiger partial charge in [-0.2, -0.15) is 0 Å². The van der Waals surface area contributed by atoms with E-state index >= 15 is 0 Å². The summed E-state index contributed by atoms with van der Waals surface area (Å²) >= 11 is 7.60. The number of nitrogens with zero attached hydrogens (tertiary/aromatic N) is 4. The number of halogens is 1. The van der Waals surface area contributed by atoms with Gasteiger partial charge in [0.15, 0.2) is 5.16 Å². The normalized spacial score (nSPS) is 11.2. The summed E-state index contributed by atoms with van der Waals surface area (Å²) in [4.78, 5) is 8.67. The van der Waals surface area contributed by atoms with E-state index in [-0.39, 0.29) is 0 Å². The molecule has 0 unspecified atom stereocenters. The number of fused-ring (bicyclic) bond motifs is 1. The summed E-state index contributed by atoms with van der Waals surface area (Å²) in [5, 5.41) is 1.61. The number of thioether (sulfide) groups is 1. The van der Waals surface area contributed by atoms with Crippen molar-refractivity contribution in [3.05, 3.63) is 47.8 Å². The van der Waals surface area contributed by atoms with Crippen LogP contribution in [0.2, 0.25) is 5.15 Å². The van der Waals surface area contributed by atoms with Gasteiger partial charge < -0.3 is 4.57 Å². The first kappa shape index (κ1) is 11.6. The molecule has 0 N–H and O–H groups in total. The Morgan fingerprint density at radius 2 is 2.17 bits per heavy atom. The lowest BCUT2D eigenvalue weighted by Crippen LogP contribution is -1.96. The van der Waals surface area contributed by atoms with Crippen LogP contribution in [0.25, 0.3) is 5.52 Å². The summed E-state index contributed by atoms with van der Waals surface area (Å²) in [7, 11) is 1.91. The summed E-state index contributed by atoms with van der Waals surface area (Å²) in [6, 6.07) is 6.04. The van der Waals surface area contributed by atoms with Crippen LogP contribution in [0.4, 0.5) is 0 Å². The number of rotatable bonds is 3. The predicted molar refractivity (Wildman–Crippen MR) is 73.0 cm³/mol. The monoisotopic (exact) mass is 278 g/mol. The molecule has 3 aromatic rings. The van der Waals surface area contributed by atoms with E-state index in [1.54, 1.807) is 18.0 Å². The van der Waals surface area contributed by atoms with Crippen molar-refractivity contribution in [2.24, 2.45) is 7.05 Å². The molecule has 6 heteroatoms. The highest BCUT2D eigenvalue weighted by Crippen LogP contribution is 2.23. The highest BCUT2D eigenvalue weighted by atomic mass is 35.5. The molecule has 0 saturated heterocycles. The maximum Gasteiger partial charge on any atom is 0.173 e. The minimum atomic E-state index is 0.651. The van der Waals surface area contributed by atoms with Gasteiger partial charge in [0.2, 0.25) is 0 Å². The molecule has 92 valence electrons. The van der Waals surface area contributed by atoms with Gasteiger partial charge >= 0.3 is 0 Å². The van der Waals surface area contributed by atoms with Gasteiger partial charge in [-0.05, 0) is 12.1 Å². The Balaban J connectivity index is 1.83. The summed E-state index contributed by atoms with van der Waals surface area (Å²) in [5.74, 6) is 1.69. The lowest BCUT2D eigenvalue weighted by Gasteiger charge is -2.02. The predicted octanol–water partition coefficient (Wildman–Crippen LogP) is 3.01. The Hall–Kier alpha value is -1.46. The number of imidazole rings is 2. The number of hydrogen-bond donors (Lipinski definition) is 0. The fourth-order valence-corrected chi connectivity index (χ4v) is 2.82. The van der Waals surface area contributed by atoms with Crippen LogP contribution in [0.5, 0.6) is 0 Å². The molecule has 0 aliphatic carbocycles. The highest BCUT2D eigenvalue weighted by Gasteiger charge is 2.08. The van der Waals surface area contributed by atoms with Gasteiger partial charge in [0, 0.05) is 13.2 Å². The first-order valence-electron chi connectivity index (χ1n) is 5.46. The van der Waals surface area contributed by atoms with E-state index in [4.69, 9.17) is 11.6 Å². The molecular weight excluding hydrogens is 268 g/mol. The molecular formula is C12H11ClN4S. The van der Waals surface area contributed by atoms with Crippen LogP contribution in [0.1, 0.15) is 5.82 Å². The molecule has 3 rings (SSSR count). The first-order chi connectivity index (χ1) is 8.75. The van der Waals surface area contributed by atoms with Crippen LogP contribution in [0.15, 0.2) is 41.9 Å². The second-order valence-electron chi connectivity index (χ2n) is 3.88. The fourth-order valence-electron chi connectivity index (χ4n) is 1.71. The molecule has 3 heterocycles. The molecule has 18 heavy (non-hydrogen) atoms. The Morgan fingerprint density at radius 1 is 1.28 bits per heavy atom. The minimum absolute atomic E-state index is 0.651. The number of hydrogen-bond acceptors (Lipinski definition) is 3. The van der Waals surface area contributed by atoms with Gasteiger partial charge in [-0.15, -0.1) is 0 Å². The fraction of sp³-hybridized carbons (Fsp3) is 0.167. The van der Waals surface area contributed by atoms with Gasteiger partial charge in [-0.1, -0.05) is 29.4 Å². The Kier molecular flexibility index (Phi) is 3.01. The Labute approximate surface area is 114 Å². The summed E-state index contributed by atoms with van der Waals surface area (Å²) < 4.78 is 3.94. The van der Waals surface area contributed by atoms with E-state index < -0.39 is 0 Å². The molecule has 0 saturated carbocycles. The zero-order valence-electron chi connectivity index (χ0n) is 9.75. The average molecular weight is 279 g/mol. The quantitative estimate of drug-likeness (QED) is 0.691. The molecule has 0 fully saturated rings. The van der Waals surface area contributed by atoms with Crippen molar-refractivity contribution >= 4 is 28.9 Å². The number of aromatic nitrogens is 4. The van der Waals surface area contributed by atoms with Gasteiger partial charge in [0.25, 0.3) is 0 Å². The third-order valence-electron chi connectivity index (χ3n) is 2.76. The van der Waals surface area contributed by atoms with Crippen molar-refractivity contribution in [3.8, 4) is 0 Å². The molecule has 0 aliphatic rings. The zero-order valence-corrected chi connectivity index (χ0v) is 11.3. The van der Waals surface area contributed by atoms with E-state index in [2.05, 4.69) is 14.4 Å². The van der Waals surface area contributed by atoms with E-state index in [1.807, 2.05) is 42.2 Å². The van der Waals surface area contributed by atoms with E-state index in [0.29, 0.717) is 5.15 Å². The van der Waals surface area contributed by atoms with Gasteiger partial charge in [-0.25, -0.2) is 9.97 Å². The third kappa shape index (κ3) is 2.00. The molecule has 0 bridgehead atoms. The molecule has 0 atom stereocenters. The molecule has 4 nitrogen and oxygen atoms in total. The molecule has 3 aromatic heterocycles. The van der Waals surface area contributed by atoms with Crippen LogP contribution in [0, 0.1) is 0 Å². The Bertz CT molecular complexity index is 688. The summed E-state index contributed by atoms with van der Waals surface area (Å²) in [6.07, 6.45) is 5.55. The van der Waals surface area contributed by atoms with Crippen molar-refractivity contribution in [2.75, 3.05) is 0 Å². The first-order valence-corrected chi connectivity index (χ1v) is 6.83. The third-order valence-corrected chi connectivity index (χ3v) is 4.08. The van der Waals surface area contributed by atoms with E-state index in [9.17, 15) is 0 Å². The second kappa shape index (κ2) is 4.66. The van der Waals surface area contributed by atoms with Crippen molar-refractivity contribution in [3.63, 3.8) is 0 Å². The highest BCUT2D eigenvalue weighted by molar-refractivity contribution is 7.98. The van der Waals surface area contributed by atoms with Gasteiger partial charge in [0.05, 0.1) is 23.7 Å².